The van der Waals surface area contributed by atoms with Gasteiger partial charge >= 0.3 is 0 Å². The van der Waals surface area contributed by atoms with Gasteiger partial charge in [-0.15, -0.1) is 0 Å². The minimum absolute atomic E-state index is 0.169. The van der Waals surface area contributed by atoms with Gasteiger partial charge in [0.2, 0.25) is 5.95 Å². The van der Waals surface area contributed by atoms with Crippen molar-refractivity contribution < 1.29 is 9.18 Å². The molecular weight excluding hydrogens is 419 g/mol. The van der Waals surface area contributed by atoms with Crippen LogP contribution < -0.4 is 4.90 Å². The molecule has 1 aliphatic heterocycles. The lowest BCUT2D eigenvalue weighted by atomic mass is 10.0. The highest BCUT2D eigenvalue weighted by molar-refractivity contribution is 6.00. The van der Waals surface area contributed by atoms with Crippen molar-refractivity contribution in [2.24, 2.45) is 0 Å². The number of carbonyl (C=O) groups is 1. The second-order valence-corrected chi connectivity index (χ2v) is 8.72. The minimum Gasteiger partial charge on any atom is -0.338 e. The zero-order valence-electron chi connectivity index (χ0n) is 18.7. The van der Waals surface area contributed by atoms with Crippen LogP contribution in [0.1, 0.15) is 28.8 Å². The molecule has 0 spiro atoms. The predicted molar refractivity (Wildman–Crippen MR) is 124 cm³/mol. The van der Waals surface area contributed by atoms with Crippen molar-refractivity contribution in [3.05, 3.63) is 71.9 Å². The number of likely N-dealkylation sites (N-methyl/N-ethyl adjacent to an activating group) is 1. The van der Waals surface area contributed by atoms with Crippen molar-refractivity contribution in [2.75, 3.05) is 38.1 Å². The zero-order chi connectivity index (χ0) is 22.8. The lowest BCUT2D eigenvalue weighted by Crippen LogP contribution is -2.45. The zero-order valence-corrected chi connectivity index (χ0v) is 18.7. The van der Waals surface area contributed by atoms with Gasteiger partial charge in [-0.3, -0.25) is 9.78 Å². The van der Waals surface area contributed by atoms with Crippen LogP contribution in [0.15, 0.2) is 55.0 Å². The average molecular weight is 447 g/mol. The Kier molecular flexibility index (Phi) is 6.00. The van der Waals surface area contributed by atoms with Crippen LogP contribution in [-0.4, -0.2) is 69.9 Å². The number of rotatable bonds is 6. The van der Waals surface area contributed by atoms with E-state index in [9.17, 15) is 9.18 Å². The Balaban J connectivity index is 1.52. The summed E-state index contributed by atoms with van der Waals surface area (Å²) in [5.41, 5.74) is 2.01. The van der Waals surface area contributed by atoms with Crippen molar-refractivity contribution in [1.82, 2.24) is 24.8 Å². The van der Waals surface area contributed by atoms with Crippen LogP contribution in [-0.2, 0) is 6.54 Å². The van der Waals surface area contributed by atoms with Crippen LogP contribution in [0.5, 0.6) is 0 Å². The quantitative estimate of drug-likeness (QED) is 0.579. The van der Waals surface area contributed by atoms with Crippen molar-refractivity contribution in [3.8, 4) is 11.3 Å². The summed E-state index contributed by atoms with van der Waals surface area (Å²) in [7, 11) is 2.08. The first-order valence-electron chi connectivity index (χ1n) is 11.4. The maximum absolute atomic E-state index is 14.9. The number of benzene rings is 1. The monoisotopic (exact) mass is 446 g/mol. The minimum atomic E-state index is -0.401. The predicted octanol–water partition coefficient (Wildman–Crippen LogP) is 3.23. The molecule has 0 unspecified atom stereocenters. The van der Waals surface area contributed by atoms with E-state index < -0.39 is 5.82 Å². The molecule has 7 nitrogen and oxygen atoms in total. The van der Waals surface area contributed by atoms with Gasteiger partial charge in [-0.2, -0.15) is 0 Å². The van der Waals surface area contributed by atoms with E-state index >= 15 is 0 Å². The lowest BCUT2D eigenvalue weighted by molar-refractivity contribution is 0.0730. The van der Waals surface area contributed by atoms with Crippen LogP contribution in [0.4, 0.5) is 10.3 Å². The molecule has 1 aliphatic carbocycles. The number of halogens is 1. The summed E-state index contributed by atoms with van der Waals surface area (Å²) in [6.07, 6.45) is 6.96. The number of piperazine rings is 1. The van der Waals surface area contributed by atoms with E-state index in [1.165, 1.54) is 6.07 Å². The number of hydrogen-bond donors (Lipinski definition) is 0. The van der Waals surface area contributed by atoms with Gasteiger partial charge in [-0.25, -0.2) is 14.4 Å². The highest BCUT2D eigenvalue weighted by Gasteiger charge is 2.35. The van der Waals surface area contributed by atoms with Crippen LogP contribution in [0.25, 0.3) is 11.3 Å². The number of aromatic nitrogens is 3. The topological polar surface area (TPSA) is 65.5 Å². The standard InChI is InChI=1S/C25H27FN6O/c1-30-12-14-31(15-13-30)25-28-16-21(23(29-25)20-4-2-3-5-22(20)26)24(33)32(19-6-7-19)17-18-8-10-27-11-9-18/h2-5,8-11,16,19H,6-7,12-15,17H2,1H3. The number of amides is 1. The van der Waals surface area contributed by atoms with E-state index in [2.05, 4.69) is 26.8 Å². The van der Waals surface area contributed by atoms with Gasteiger partial charge in [-0.05, 0) is 49.7 Å². The van der Waals surface area contributed by atoms with Crippen LogP contribution in [0.2, 0.25) is 0 Å². The summed E-state index contributed by atoms with van der Waals surface area (Å²) in [6.45, 7) is 3.86. The van der Waals surface area contributed by atoms with E-state index in [-0.39, 0.29) is 11.9 Å². The number of carbonyl (C=O) groups excluding carboxylic acids is 1. The number of nitrogens with zero attached hydrogens (tertiary/aromatic N) is 6. The highest BCUT2D eigenvalue weighted by atomic mass is 19.1. The van der Waals surface area contributed by atoms with Gasteiger partial charge < -0.3 is 14.7 Å². The average Bonchev–Trinajstić information content (AvgIpc) is 3.69. The Bertz CT molecular complexity index is 1130. The fraction of sp³-hybridized carbons (Fsp3) is 0.360. The second-order valence-electron chi connectivity index (χ2n) is 8.72. The molecule has 3 aromatic rings. The Morgan fingerprint density at radius 3 is 2.52 bits per heavy atom. The molecule has 0 bridgehead atoms. The van der Waals surface area contributed by atoms with Crippen LogP contribution in [0.3, 0.4) is 0 Å². The molecule has 1 saturated heterocycles. The Morgan fingerprint density at radius 2 is 1.82 bits per heavy atom. The van der Waals surface area contributed by atoms with Gasteiger partial charge in [0.1, 0.15) is 5.82 Å². The third kappa shape index (κ3) is 4.71. The molecule has 3 heterocycles. The van der Waals surface area contributed by atoms with E-state index in [1.54, 1.807) is 36.8 Å². The number of anilines is 1. The summed E-state index contributed by atoms with van der Waals surface area (Å²) in [5.74, 6) is -0.0378. The smallest absolute Gasteiger partial charge is 0.258 e. The maximum Gasteiger partial charge on any atom is 0.258 e. The van der Waals surface area contributed by atoms with Crippen molar-refractivity contribution in [3.63, 3.8) is 0 Å². The fourth-order valence-corrected chi connectivity index (χ4v) is 4.14. The molecule has 2 aliphatic rings. The Hall–Kier alpha value is -3.39. The normalized spacial score (nSPS) is 16.6. The van der Waals surface area contributed by atoms with E-state index in [4.69, 9.17) is 4.98 Å². The van der Waals surface area contributed by atoms with Gasteiger partial charge in [0, 0.05) is 62.9 Å². The van der Waals surface area contributed by atoms with E-state index in [1.807, 2.05) is 17.0 Å². The van der Waals surface area contributed by atoms with Crippen LogP contribution in [0, 0.1) is 5.82 Å². The SMILES string of the molecule is CN1CCN(c2ncc(C(=O)N(Cc3ccncc3)C3CC3)c(-c3ccccc3F)n2)CC1. The Labute approximate surface area is 192 Å². The van der Waals surface area contributed by atoms with E-state index in [0.29, 0.717) is 29.3 Å². The summed E-state index contributed by atoms with van der Waals surface area (Å²) in [6, 6.07) is 10.5. The molecule has 0 radical (unpaired) electrons. The molecule has 1 amide bonds. The number of hydrogen-bond acceptors (Lipinski definition) is 6. The van der Waals surface area contributed by atoms with Crippen molar-refractivity contribution >= 4 is 11.9 Å². The molecule has 1 aromatic carbocycles. The summed E-state index contributed by atoms with van der Waals surface area (Å²) in [5, 5.41) is 0. The molecule has 5 rings (SSSR count). The van der Waals surface area contributed by atoms with Gasteiger partial charge in [0.25, 0.3) is 5.91 Å². The summed E-state index contributed by atoms with van der Waals surface area (Å²) >= 11 is 0. The highest BCUT2D eigenvalue weighted by Crippen LogP contribution is 2.33. The molecule has 8 heteroatoms. The summed E-state index contributed by atoms with van der Waals surface area (Å²) in [4.78, 5) is 33.3. The molecule has 0 atom stereocenters. The molecule has 1 saturated carbocycles. The van der Waals surface area contributed by atoms with Gasteiger partial charge in [0.05, 0.1) is 11.3 Å². The fourth-order valence-electron chi connectivity index (χ4n) is 4.14. The van der Waals surface area contributed by atoms with Crippen molar-refractivity contribution in [1.29, 1.82) is 0 Å². The molecular formula is C25H27FN6O. The molecule has 2 aromatic heterocycles. The maximum atomic E-state index is 14.9. The second kappa shape index (κ2) is 9.23. The third-order valence-corrected chi connectivity index (χ3v) is 6.27. The first-order valence-corrected chi connectivity index (χ1v) is 11.4. The van der Waals surface area contributed by atoms with Gasteiger partial charge in [0.15, 0.2) is 0 Å². The van der Waals surface area contributed by atoms with Gasteiger partial charge in [-0.1, -0.05) is 12.1 Å². The van der Waals surface area contributed by atoms with E-state index in [0.717, 1.165) is 44.6 Å². The third-order valence-electron chi connectivity index (χ3n) is 6.27. The number of pyridine rings is 1. The van der Waals surface area contributed by atoms with Crippen molar-refractivity contribution in [2.45, 2.75) is 25.4 Å². The molecule has 0 N–H and O–H groups in total. The summed E-state index contributed by atoms with van der Waals surface area (Å²) < 4.78 is 14.9. The first-order chi connectivity index (χ1) is 16.1. The Morgan fingerprint density at radius 1 is 1.09 bits per heavy atom. The molecule has 2 fully saturated rings. The largest absolute Gasteiger partial charge is 0.338 e. The van der Waals surface area contributed by atoms with Crippen LogP contribution >= 0.6 is 0 Å². The molecule has 33 heavy (non-hydrogen) atoms. The first kappa shape index (κ1) is 21.5. The molecule has 170 valence electrons. The lowest BCUT2D eigenvalue weighted by Gasteiger charge is -2.32.